The average molecular weight is 325 g/mol. The lowest BCUT2D eigenvalue weighted by atomic mass is 10.2. The standard InChI is InChI=1S/C13H18Cl2O3S/c1-10(11-5-6-12(14)13(15)9-11)19(17,18)8-4-2-3-7-16/h5-6,9-10,16H,2-4,7-8H2,1H3. The van der Waals surface area contributed by atoms with Crippen LogP contribution in [0.15, 0.2) is 18.2 Å². The van der Waals surface area contributed by atoms with Crippen LogP contribution in [0.4, 0.5) is 0 Å². The number of aliphatic hydroxyl groups is 1. The number of aliphatic hydroxyl groups excluding tert-OH is 1. The van der Waals surface area contributed by atoms with Gasteiger partial charge in [0.25, 0.3) is 0 Å². The smallest absolute Gasteiger partial charge is 0.157 e. The highest BCUT2D eigenvalue weighted by molar-refractivity contribution is 7.91. The Kier molecular flexibility index (Phi) is 6.60. The van der Waals surface area contributed by atoms with Crippen LogP contribution >= 0.6 is 23.2 Å². The molecule has 3 nitrogen and oxygen atoms in total. The molecule has 0 spiro atoms. The second-order valence-electron chi connectivity index (χ2n) is 4.47. The third-order valence-electron chi connectivity index (χ3n) is 3.04. The summed E-state index contributed by atoms with van der Waals surface area (Å²) in [6, 6.07) is 4.89. The predicted molar refractivity (Wildman–Crippen MR) is 79.6 cm³/mol. The van der Waals surface area contributed by atoms with E-state index < -0.39 is 15.1 Å². The van der Waals surface area contributed by atoms with Crippen LogP contribution in [-0.2, 0) is 9.84 Å². The van der Waals surface area contributed by atoms with Crippen molar-refractivity contribution in [3.63, 3.8) is 0 Å². The molecular weight excluding hydrogens is 307 g/mol. The van der Waals surface area contributed by atoms with E-state index in [0.717, 1.165) is 0 Å². The van der Waals surface area contributed by atoms with Crippen molar-refractivity contribution in [2.75, 3.05) is 12.4 Å². The van der Waals surface area contributed by atoms with E-state index in [9.17, 15) is 8.42 Å². The van der Waals surface area contributed by atoms with E-state index in [2.05, 4.69) is 0 Å². The Morgan fingerprint density at radius 3 is 2.42 bits per heavy atom. The highest BCUT2D eigenvalue weighted by Crippen LogP contribution is 2.29. The summed E-state index contributed by atoms with van der Waals surface area (Å²) < 4.78 is 24.3. The molecule has 0 saturated carbocycles. The van der Waals surface area contributed by atoms with Gasteiger partial charge in [0.1, 0.15) is 0 Å². The van der Waals surface area contributed by atoms with Crippen molar-refractivity contribution in [3.8, 4) is 0 Å². The molecule has 0 aliphatic carbocycles. The molecule has 6 heteroatoms. The van der Waals surface area contributed by atoms with Crippen molar-refractivity contribution < 1.29 is 13.5 Å². The minimum Gasteiger partial charge on any atom is -0.396 e. The van der Waals surface area contributed by atoms with Crippen LogP contribution in [0, 0.1) is 0 Å². The first-order valence-electron chi connectivity index (χ1n) is 6.16. The van der Waals surface area contributed by atoms with Gasteiger partial charge in [-0.25, -0.2) is 8.42 Å². The Bertz CT molecular complexity index is 515. The number of hydrogen-bond acceptors (Lipinski definition) is 3. The maximum Gasteiger partial charge on any atom is 0.157 e. The first-order valence-corrected chi connectivity index (χ1v) is 8.63. The van der Waals surface area contributed by atoms with Crippen LogP contribution in [0.5, 0.6) is 0 Å². The van der Waals surface area contributed by atoms with E-state index in [4.69, 9.17) is 28.3 Å². The third-order valence-corrected chi connectivity index (χ3v) is 5.98. The number of sulfone groups is 1. The van der Waals surface area contributed by atoms with E-state index in [1.54, 1.807) is 25.1 Å². The zero-order chi connectivity index (χ0) is 14.5. The van der Waals surface area contributed by atoms with Crippen molar-refractivity contribution in [3.05, 3.63) is 33.8 Å². The molecule has 0 bridgehead atoms. The fourth-order valence-electron chi connectivity index (χ4n) is 1.74. The van der Waals surface area contributed by atoms with Crippen molar-refractivity contribution in [2.45, 2.75) is 31.4 Å². The van der Waals surface area contributed by atoms with E-state index >= 15 is 0 Å². The molecule has 0 fully saturated rings. The van der Waals surface area contributed by atoms with Gasteiger partial charge in [0, 0.05) is 6.61 Å². The summed E-state index contributed by atoms with van der Waals surface area (Å²) in [6.45, 7) is 1.75. The van der Waals surface area contributed by atoms with Gasteiger partial charge >= 0.3 is 0 Å². The van der Waals surface area contributed by atoms with E-state index in [1.165, 1.54) is 0 Å². The molecule has 1 rings (SSSR count). The van der Waals surface area contributed by atoms with Gasteiger partial charge in [-0.15, -0.1) is 0 Å². The largest absolute Gasteiger partial charge is 0.396 e. The molecule has 1 atom stereocenters. The maximum atomic E-state index is 12.2. The van der Waals surface area contributed by atoms with Gasteiger partial charge in [0.2, 0.25) is 0 Å². The number of rotatable bonds is 7. The fourth-order valence-corrected chi connectivity index (χ4v) is 3.57. The molecule has 0 aromatic heterocycles. The van der Waals surface area contributed by atoms with Gasteiger partial charge in [-0.2, -0.15) is 0 Å². The molecule has 1 aromatic carbocycles. The molecule has 0 saturated heterocycles. The highest BCUT2D eigenvalue weighted by atomic mass is 35.5. The summed E-state index contributed by atoms with van der Waals surface area (Å²) in [6.07, 6.45) is 1.91. The quantitative estimate of drug-likeness (QED) is 0.779. The summed E-state index contributed by atoms with van der Waals surface area (Å²) in [5.74, 6) is 0.119. The minimum absolute atomic E-state index is 0.0996. The topological polar surface area (TPSA) is 54.4 Å². The summed E-state index contributed by atoms with van der Waals surface area (Å²) >= 11 is 11.7. The molecule has 0 radical (unpaired) electrons. The summed E-state index contributed by atoms with van der Waals surface area (Å²) in [5.41, 5.74) is 0.650. The van der Waals surface area contributed by atoms with Crippen LogP contribution in [0.1, 0.15) is 37.0 Å². The van der Waals surface area contributed by atoms with E-state index in [1.807, 2.05) is 0 Å². The lowest BCUT2D eigenvalue weighted by molar-refractivity contribution is 0.284. The SMILES string of the molecule is CC(c1ccc(Cl)c(Cl)c1)S(=O)(=O)CCCCCO. The maximum absolute atomic E-state index is 12.2. The molecular formula is C13H18Cl2O3S. The number of unbranched alkanes of at least 4 members (excludes halogenated alkanes) is 2. The molecule has 0 amide bonds. The van der Waals surface area contributed by atoms with Gasteiger partial charge in [0.05, 0.1) is 21.0 Å². The number of benzene rings is 1. The number of hydrogen-bond donors (Lipinski definition) is 1. The first-order chi connectivity index (χ1) is 8.88. The third kappa shape index (κ3) is 4.95. The Hall–Kier alpha value is -0.290. The first kappa shape index (κ1) is 16.8. The van der Waals surface area contributed by atoms with Crippen LogP contribution in [0.3, 0.4) is 0 Å². The molecule has 0 aliphatic heterocycles. The molecule has 1 unspecified atom stereocenters. The monoisotopic (exact) mass is 324 g/mol. The minimum atomic E-state index is -3.21. The lowest BCUT2D eigenvalue weighted by Crippen LogP contribution is -2.14. The van der Waals surface area contributed by atoms with Gasteiger partial charge in [0.15, 0.2) is 9.84 Å². The Morgan fingerprint density at radius 1 is 1.16 bits per heavy atom. The molecule has 1 aromatic rings. The van der Waals surface area contributed by atoms with Crippen LogP contribution in [0.25, 0.3) is 0 Å². The zero-order valence-corrected chi connectivity index (χ0v) is 13.1. The normalized spacial score (nSPS) is 13.5. The zero-order valence-electron chi connectivity index (χ0n) is 10.8. The van der Waals surface area contributed by atoms with Gasteiger partial charge < -0.3 is 5.11 Å². The van der Waals surface area contributed by atoms with Gasteiger partial charge in [-0.05, 0) is 37.5 Å². The van der Waals surface area contributed by atoms with Crippen LogP contribution in [-0.4, -0.2) is 25.9 Å². The van der Waals surface area contributed by atoms with Crippen molar-refractivity contribution in [2.24, 2.45) is 0 Å². The average Bonchev–Trinajstić information content (AvgIpc) is 2.37. The second-order valence-corrected chi connectivity index (χ2v) is 7.72. The van der Waals surface area contributed by atoms with Crippen molar-refractivity contribution >= 4 is 33.0 Å². The van der Waals surface area contributed by atoms with E-state index in [0.29, 0.717) is 34.9 Å². The molecule has 0 heterocycles. The van der Waals surface area contributed by atoms with Crippen LogP contribution in [0.2, 0.25) is 10.0 Å². The molecule has 19 heavy (non-hydrogen) atoms. The van der Waals surface area contributed by atoms with E-state index in [-0.39, 0.29) is 12.4 Å². The highest BCUT2D eigenvalue weighted by Gasteiger charge is 2.22. The molecule has 1 N–H and O–H groups in total. The Balaban J connectivity index is 2.74. The summed E-state index contributed by atoms with van der Waals surface area (Å²) in [4.78, 5) is 0. The fraction of sp³-hybridized carbons (Fsp3) is 0.538. The van der Waals surface area contributed by atoms with Crippen molar-refractivity contribution in [1.29, 1.82) is 0 Å². The van der Waals surface area contributed by atoms with Crippen LogP contribution < -0.4 is 0 Å². The summed E-state index contributed by atoms with van der Waals surface area (Å²) in [7, 11) is -3.21. The predicted octanol–water partition coefficient (Wildman–Crippen LogP) is 3.63. The summed E-state index contributed by atoms with van der Waals surface area (Å²) in [5, 5.41) is 8.84. The van der Waals surface area contributed by atoms with Crippen molar-refractivity contribution in [1.82, 2.24) is 0 Å². The second kappa shape index (κ2) is 7.48. The van der Waals surface area contributed by atoms with Gasteiger partial charge in [-0.3, -0.25) is 0 Å². The molecule has 0 aliphatic rings. The Morgan fingerprint density at radius 2 is 1.84 bits per heavy atom. The Labute approximate surface area is 124 Å². The number of halogens is 2. The lowest BCUT2D eigenvalue weighted by Gasteiger charge is -2.14. The molecule has 108 valence electrons. The van der Waals surface area contributed by atoms with Gasteiger partial charge in [-0.1, -0.05) is 35.7 Å².